The van der Waals surface area contributed by atoms with Crippen LogP contribution in [0.25, 0.3) is 0 Å². The first-order chi connectivity index (χ1) is 14.8. The zero-order valence-electron chi connectivity index (χ0n) is 17.2. The van der Waals surface area contributed by atoms with Crippen molar-refractivity contribution < 1.29 is 27.5 Å². The molecule has 0 aliphatic heterocycles. The van der Waals surface area contributed by atoms with E-state index in [1.807, 2.05) is 42.5 Å². The average molecular weight is 460 g/mol. The highest BCUT2D eigenvalue weighted by molar-refractivity contribution is 7.94. The third-order valence-corrected chi connectivity index (χ3v) is 7.77. The molecule has 162 valence electrons. The monoisotopic (exact) mass is 459 g/mol. The fraction of sp³-hybridized carbons (Fsp3) is 0.182. The molecule has 2 aromatic carbocycles. The van der Waals surface area contributed by atoms with Gasteiger partial charge in [0.25, 0.3) is 10.0 Å². The van der Waals surface area contributed by atoms with Crippen molar-refractivity contribution in [2.75, 3.05) is 18.9 Å². The van der Waals surface area contributed by atoms with Crippen LogP contribution in [0.4, 0.5) is 5.69 Å². The first-order valence-electron chi connectivity index (χ1n) is 9.23. The van der Waals surface area contributed by atoms with Gasteiger partial charge in [0.15, 0.2) is 4.21 Å². The molecule has 0 bridgehead atoms. The number of benzene rings is 2. The molecule has 0 radical (unpaired) electrons. The topological polar surface area (TPSA) is 98.8 Å². The Bertz CT molecular complexity index is 1220. The van der Waals surface area contributed by atoms with Gasteiger partial charge < -0.3 is 9.47 Å². The largest absolute Gasteiger partial charge is 0.465 e. The van der Waals surface area contributed by atoms with Crippen LogP contribution in [0.5, 0.6) is 0 Å². The van der Waals surface area contributed by atoms with E-state index in [2.05, 4.69) is 4.72 Å². The van der Waals surface area contributed by atoms with Crippen molar-refractivity contribution in [3.05, 3.63) is 81.7 Å². The van der Waals surface area contributed by atoms with E-state index in [4.69, 9.17) is 9.47 Å². The van der Waals surface area contributed by atoms with Crippen molar-refractivity contribution in [2.45, 2.75) is 17.6 Å². The van der Waals surface area contributed by atoms with Gasteiger partial charge in [-0.3, -0.25) is 4.72 Å². The third-order valence-electron chi connectivity index (χ3n) is 4.62. The molecule has 9 heteroatoms. The summed E-state index contributed by atoms with van der Waals surface area (Å²) in [5.41, 5.74) is 2.18. The van der Waals surface area contributed by atoms with Gasteiger partial charge in [-0.1, -0.05) is 48.5 Å². The maximum Gasteiger partial charge on any atom is 0.348 e. The molecule has 0 spiro atoms. The lowest BCUT2D eigenvalue weighted by atomic mass is 10.0. The van der Waals surface area contributed by atoms with Crippen LogP contribution >= 0.6 is 11.3 Å². The number of carbonyl (C=O) groups is 2. The fourth-order valence-corrected chi connectivity index (χ4v) is 5.93. The molecule has 0 saturated carbocycles. The zero-order chi connectivity index (χ0) is 22.6. The predicted molar refractivity (Wildman–Crippen MR) is 118 cm³/mol. The van der Waals surface area contributed by atoms with Gasteiger partial charge in [0.2, 0.25) is 0 Å². The van der Waals surface area contributed by atoms with E-state index >= 15 is 0 Å². The van der Waals surface area contributed by atoms with Gasteiger partial charge in [0.05, 0.1) is 25.5 Å². The lowest BCUT2D eigenvalue weighted by Gasteiger charge is -2.13. The normalized spacial score (nSPS) is 11.1. The second-order valence-corrected chi connectivity index (χ2v) is 9.53. The molecular weight excluding hydrogens is 438 g/mol. The molecule has 0 atom stereocenters. The summed E-state index contributed by atoms with van der Waals surface area (Å²) >= 11 is 0.673. The van der Waals surface area contributed by atoms with Crippen LogP contribution in [0, 0.1) is 6.92 Å². The van der Waals surface area contributed by atoms with E-state index in [0.717, 1.165) is 18.2 Å². The minimum atomic E-state index is -4.20. The number of nitrogens with one attached hydrogen (secondary N) is 1. The Morgan fingerprint density at radius 1 is 0.935 bits per heavy atom. The highest BCUT2D eigenvalue weighted by atomic mass is 32.2. The molecule has 0 fully saturated rings. The number of thiophene rings is 1. The van der Waals surface area contributed by atoms with Crippen molar-refractivity contribution in [3.8, 4) is 0 Å². The summed E-state index contributed by atoms with van der Waals surface area (Å²) in [6.07, 6.45) is 0.514. The van der Waals surface area contributed by atoms with Crippen LogP contribution < -0.4 is 4.72 Å². The van der Waals surface area contributed by atoms with Crippen LogP contribution in [0.3, 0.4) is 0 Å². The molecule has 1 aromatic heterocycles. The summed E-state index contributed by atoms with van der Waals surface area (Å²) in [7, 11) is -1.86. The van der Waals surface area contributed by atoms with Crippen molar-refractivity contribution in [1.29, 1.82) is 0 Å². The molecule has 0 saturated heterocycles. The van der Waals surface area contributed by atoms with Crippen molar-refractivity contribution in [1.82, 2.24) is 0 Å². The quantitative estimate of drug-likeness (QED) is 0.536. The zero-order valence-corrected chi connectivity index (χ0v) is 18.8. The van der Waals surface area contributed by atoms with E-state index in [1.54, 1.807) is 12.1 Å². The molecule has 1 heterocycles. The van der Waals surface area contributed by atoms with Gasteiger partial charge in [-0.2, -0.15) is 0 Å². The maximum atomic E-state index is 13.3. The average Bonchev–Trinajstić information content (AvgIpc) is 3.12. The van der Waals surface area contributed by atoms with Crippen LogP contribution in [-0.4, -0.2) is 34.6 Å². The molecule has 7 nitrogen and oxygen atoms in total. The highest BCUT2D eigenvalue weighted by Gasteiger charge is 2.33. The lowest BCUT2D eigenvalue weighted by molar-refractivity contribution is 0.0596. The predicted octanol–water partition coefficient (Wildman–Crippen LogP) is 4.02. The number of methoxy groups -OCH3 is 2. The Morgan fingerprint density at radius 2 is 1.55 bits per heavy atom. The Balaban J connectivity index is 2.04. The van der Waals surface area contributed by atoms with E-state index in [1.165, 1.54) is 14.0 Å². The van der Waals surface area contributed by atoms with Gasteiger partial charge in [-0.15, -0.1) is 11.3 Å². The minimum absolute atomic E-state index is 0.0286. The molecule has 0 aliphatic rings. The summed E-state index contributed by atoms with van der Waals surface area (Å²) in [5.74, 6) is -1.57. The number of esters is 2. The number of ether oxygens (including phenoxy) is 2. The molecular formula is C22H21NO6S2. The first-order valence-corrected chi connectivity index (χ1v) is 11.5. The number of sulfonamides is 1. The fourth-order valence-electron chi connectivity index (χ4n) is 3.08. The van der Waals surface area contributed by atoms with Crippen LogP contribution in [0.2, 0.25) is 0 Å². The van der Waals surface area contributed by atoms with E-state index in [9.17, 15) is 18.0 Å². The van der Waals surface area contributed by atoms with Gasteiger partial charge in [-0.25, -0.2) is 18.0 Å². The summed E-state index contributed by atoms with van der Waals surface area (Å²) in [5, 5.41) is 0. The van der Waals surface area contributed by atoms with Crippen LogP contribution in [0.1, 0.15) is 36.7 Å². The molecule has 0 unspecified atom stereocenters. The molecule has 0 aliphatic carbocycles. The Hall–Kier alpha value is -3.17. The maximum absolute atomic E-state index is 13.3. The van der Waals surface area contributed by atoms with E-state index in [-0.39, 0.29) is 20.2 Å². The third kappa shape index (κ3) is 4.78. The Morgan fingerprint density at radius 3 is 2.19 bits per heavy atom. The van der Waals surface area contributed by atoms with E-state index in [0.29, 0.717) is 23.4 Å². The minimum Gasteiger partial charge on any atom is -0.465 e. The number of para-hydroxylation sites is 1. The standard InChI is InChI=1S/C22H21NO6S2/c1-14-18(20(24)28-2)22(30-19(14)21(25)29-3)31(26,27)23-17-12-8-7-11-16(17)13-15-9-5-4-6-10-15/h4-12,23H,13H2,1-3H3. The lowest BCUT2D eigenvalue weighted by Crippen LogP contribution is -2.17. The SMILES string of the molecule is COC(=O)c1sc(S(=O)(=O)Nc2ccccc2Cc2ccccc2)c(C(=O)OC)c1C. The van der Waals surface area contributed by atoms with E-state index < -0.39 is 22.0 Å². The number of rotatable bonds is 7. The van der Waals surface area contributed by atoms with Crippen LogP contribution in [-0.2, 0) is 25.9 Å². The number of hydrogen-bond donors (Lipinski definition) is 1. The molecule has 1 N–H and O–H groups in total. The van der Waals surface area contributed by atoms with Crippen molar-refractivity contribution in [2.24, 2.45) is 0 Å². The smallest absolute Gasteiger partial charge is 0.348 e. The van der Waals surface area contributed by atoms with Gasteiger partial charge >= 0.3 is 11.9 Å². The number of anilines is 1. The summed E-state index contributed by atoms with van der Waals surface area (Å²) in [4.78, 5) is 24.4. The summed E-state index contributed by atoms with van der Waals surface area (Å²) in [6.45, 7) is 1.48. The molecule has 3 aromatic rings. The Labute approximate surface area is 184 Å². The molecule has 0 amide bonds. The molecule has 31 heavy (non-hydrogen) atoms. The van der Waals surface area contributed by atoms with Crippen molar-refractivity contribution in [3.63, 3.8) is 0 Å². The molecule has 3 rings (SSSR count). The van der Waals surface area contributed by atoms with Gasteiger partial charge in [0.1, 0.15) is 4.88 Å². The van der Waals surface area contributed by atoms with Crippen LogP contribution in [0.15, 0.2) is 58.8 Å². The summed E-state index contributed by atoms with van der Waals surface area (Å²) < 4.78 is 38.3. The Kier molecular flexibility index (Phi) is 6.77. The first kappa shape index (κ1) is 22.5. The highest BCUT2D eigenvalue weighted by Crippen LogP contribution is 2.35. The summed E-state index contributed by atoms with van der Waals surface area (Å²) in [6, 6.07) is 16.6. The second-order valence-electron chi connectivity index (χ2n) is 6.63. The van der Waals surface area contributed by atoms with Gasteiger partial charge in [0, 0.05) is 0 Å². The number of carbonyl (C=O) groups excluding carboxylic acids is 2. The second kappa shape index (κ2) is 9.32. The number of hydrogen-bond acceptors (Lipinski definition) is 7. The van der Waals surface area contributed by atoms with Crippen molar-refractivity contribution >= 4 is 39.0 Å². The van der Waals surface area contributed by atoms with Gasteiger partial charge in [-0.05, 0) is 36.1 Å².